The van der Waals surface area contributed by atoms with Crippen molar-refractivity contribution >= 4 is 16.2 Å². The average Bonchev–Trinajstić information content (AvgIpc) is 2.25. The van der Waals surface area contributed by atoms with E-state index in [0.29, 0.717) is 26.0 Å². The van der Waals surface area contributed by atoms with E-state index in [9.17, 15) is 13.2 Å². The maximum absolute atomic E-state index is 12.0. The van der Waals surface area contributed by atoms with Crippen molar-refractivity contribution < 1.29 is 22.1 Å². The van der Waals surface area contributed by atoms with Crippen LogP contribution in [0.5, 0.6) is 0 Å². The van der Waals surface area contributed by atoms with E-state index < -0.39 is 10.1 Å². The molecule has 20 heavy (non-hydrogen) atoms. The molecule has 1 amide bonds. The van der Waals surface area contributed by atoms with Gasteiger partial charge >= 0.3 is 6.09 Å². The van der Waals surface area contributed by atoms with Crippen molar-refractivity contribution in [3.63, 3.8) is 0 Å². The summed E-state index contributed by atoms with van der Waals surface area (Å²) in [5.74, 6) is 0. The lowest BCUT2D eigenvalue weighted by Crippen LogP contribution is -2.53. The minimum atomic E-state index is -3.48. The second-order valence-electron chi connectivity index (χ2n) is 6.22. The van der Waals surface area contributed by atoms with Gasteiger partial charge in [0, 0.05) is 12.6 Å². The van der Waals surface area contributed by atoms with Gasteiger partial charge in [0.05, 0.1) is 19.0 Å². The lowest BCUT2D eigenvalue weighted by Gasteiger charge is -2.44. The smallest absolute Gasteiger partial charge is 0.410 e. The molecular formula is C13H25NO5S. The predicted molar refractivity (Wildman–Crippen MR) is 75.9 cm³/mol. The van der Waals surface area contributed by atoms with Crippen LogP contribution < -0.4 is 0 Å². The maximum atomic E-state index is 12.0. The zero-order valence-corrected chi connectivity index (χ0v) is 13.7. The molecule has 2 atom stereocenters. The Hall–Kier alpha value is -0.820. The van der Waals surface area contributed by atoms with Crippen molar-refractivity contribution in [1.82, 2.24) is 4.90 Å². The molecular weight excluding hydrogens is 282 g/mol. The van der Waals surface area contributed by atoms with Crippen molar-refractivity contribution in [2.24, 2.45) is 5.41 Å². The summed E-state index contributed by atoms with van der Waals surface area (Å²) in [5, 5.41) is 0. The summed E-state index contributed by atoms with van der Waals surface area (Å²) < 4.78 is 32.6. The van der Waals surface area contributed by atoms with Gasteiger partial charge in [-0.25, -0.2) is 4.79 Å². The first-order valence-electron chi connectivity index (χ1n) is 6.86. The SMILES string of the molecule is CCOC(=O)N1CCC(OS(C)(=O)=O)CC1C(C)(C)C. The fourth-order valence-corrected chi connectivity index (χ4v) is 3.18. The molecule has 0 aromatic carbocycles. The Morgan fingerprint density at radius 3 is 2.40 bits per heavy atom. The van der Waals surface area contributed by atoms with Gasteiger partial charge in [0.1, 0.15) is 0 Å². The molecule has 1 rings (SSSR count). The first-order chi connectivity index (χ1) is 9.04. The monoisotopic (exact) mass is 307 g/mol. The molecule has 2 unspecified atom stereocenters. The van der Waals surface area contributed by atoms with Crippen LogP contribution in [0.25, 0.3) is 0 Å². The molecule has 0 aromatic heterocycles. The molecule has 0 spiro atoms. The number of amides is 1. The quantitative estimate of drug-likeness (QED) is 0.746. The second-order valence-corrected chi connectivity index (χ2v) is 7.82. The van der Waals surface area contributed by atoms with Gasteiger partial charge in [-0.15, -0.1) is 0 Å². The number of carbonyl (C=O) groups excluding carboxylic acids is 1. The molecule has 0 radical (unpaired) electrons. The fraction of sp³-hybridized carbons (Fsp3) is 0.923. The molecule has 0 bridgehead atoms. The van der Waals surface area contributed by atoms with Gasteiger partial charge in [0.2, 0.25) is 0 Å². The molecule has 7 heteroatoms. The summed E-state index contributed by atoms with van der Waals surface area (Å²) in [6.07, 6.45) is 1.33. The highest BCUT2D eigenvalue weighted by atomic mass is 32.2. The fourth-order valence-electron chi connectivity index (χ4n) is 2.51. The number of rotatable bonds is 3. The molecule has 1 saturated heterocycles. The minimum absolute atomic E-state index is 0.109. The van der Waals surface area contributed by atoms with Crippen molar-refractivity contribution in [2.75, 3.05) is 19.4 Å². The summed E-state index contributed by atoms with van der Waals surface area (Å²) in [4.78, 5) is 13.7. The van der Waals surface area contributed by atoms with Gasteiger partial charge in [-0.2, -0.15) is 8.42 Å². The second kappa shape index (κ2) is 6.30. The van der Waals surface area contributed by atoms with Crippen LogP contribution in [0.2, 0.25) is 0 Å². The highest BCUT2D eigenvalue weighted by Gasteiger charge is 2.40. The molecule has 1 aliphatic heterocycles. The third kappa shape index (κ3) is 4.94. The molecule has 0 aliphatic carbocycles. The first kappa shape index (κ1) is 17.2. The van der Waals surface area contributed by atoms with E-state index in [2.05, 4.69) is 0 Å². The zero-order chi connectivity index (χ0) is 15.6. The third-order valence-electron chi connectivity index (χ3n) is 3.37. The van der Waals surface area contributed by atoms with Gasteiger partial charge in [-0.05, 0) is 25.2 Å². The number of ether oxygens (including phenoxy) is 1. The summed E-state index contributed by atoms with van der Waals surface area (Å²) in [7, 11) is -3.48. The Balaban J connectivity index is 2.84. The Bertz CT molecular complexity index is 440. The van der Waals surface area contributed by atoms with Gasteiger partial charge in [0.15, 0.2) is 0 Å². The summed E-state index contributed by atoms with van der Waals surface area (Å²) >= 11 is 0. The summed E-state index contributed by atoms with van der Waals surface area (Å²) in [6, 6.07) is -0.109. The van der Waals surface area contributed by atoms with Crippen LogP contribution in [-0.4, -0.2) is 51.0 Å². The van der Waals surface area contributed by atoms with E-state index in [1.165, 1.54) is 0 Å². The van der Waals surface area contributed by atoms with Crippen LogP contribution in [0.15, 0.2) is 0 Å². The van der Waals surface area contributed by atoms with Crippen molar-refractivity contribution in [3.8, 4) is 0 Å². The third-order valence-corrected chi connectivity index (χ3v) is 3.99. The highest BCUT2D eigenvalue weighted by molar-refractivity contribution is 7.86. The topological polar surface area (TPSA) is 72.9 Å². The maximum Gasteiger partial charge on any atom is 0.410 e. The molecule has 1 fully saturated rings. The zero-order valence-electron chi connectivity index (χ0n) is 12.9. The van der Waals surface area contributed by atoms with E-state index in [1.807, 2.05) is 20.8 Å². The Morgan fingerprint density at radius 2 is 1.95 bits per heavy atom. The van der Waals surface area contributed by atoms with Crippen LogP contribution in [0.4, 0.5) is 4.79 Å². The molecule has 118 valence electrons. The normalized spacial score (nSPS) is 24.6. The lowest BCUT2D eigenvalue weighted by molar-refractivity contribution is 0.00514. The summed E-state index contributed by atoms with van der Waals surface area (Å²) in [5.41, 5.74) is -0.174. The molecule has 1 aliphatic rings. The van der Waals surface area contributed by atoms with Gasteiger partial charge in [-0.3, -0.25) is 4.18 Å². The first-order valence-corrected chi connectivity index (χ1v) is 8.68. The summed E-state index contributed by atoms with van der Waals surface area (Å²) in [6.45, 7) is 8.60. The lowest BCUT2D eigenvalue weighted by atomic mass is 9.80. The molecule has 6 nitrogen and oxygen atoms in total. The van der Waals surface area contributed by atoms with Crippen molar-refractivity contribution in [1.29, 1.82) is 0 Å². The number of carbonyl (C=O) groups is 1. The van der Waals surface area contributed by atoms with Crippen LogP contribution in [-0.2, 0) is 19.0 Å². The standard InChI is InChI=1S/C13H25NO5S/c1-6-18-12(15)14-8-7-10(19-20(5,16)17)9-11(14)13(2,3)4/h10-11H,6-9H2,1-5H3. The number of hydrogen-bond acceptors (Lipinski definition) is 5. The van der Waals surface area contributed by atoms with E-state index in [-0.39, 0.29) is 23.7 Å². The van der Waals surface area contributed by atoms with Crippen LogP contribution in [0.3, 0.4) is 0 Å². The predicted octanol–water partition coefficient (Wildman–Crippen LogP) is 2.00. The van der Waals surface area contributed by atoms with Gasteiger partial charge < -0.3 is 9.64 Å². The largest absolute Gasteiger partial charge is 0.450 e. The number of nitrogens with zero attached hydrogens (tertiary/aromatic N) is 1. The van der Waals surface area contributed by atoms with E-state index in [0.717, 1.165) is 6.26 Å². The Morgan fingerprint density at radius 1 is 1.35 bits per heavy atom. The van der Waals surface area contributed by atoms with Gasteiger partial charge in [0.25, 0.3) is 10.1 Å². The van der Waals surface area contributed by atoms with E-state index in [1.54, 1.807) is 11.8 Å². The Labute approximate surface area is 121 Å². The van der Waals surface area contributed by atoms with Crippen LogP contribution >= 0.6 is 0 Å². The Kier molecular flexibility index (Phi) is 5.43. The van der Waals surface area contributed by atoms with Crippen LogP contribution in [0.1, 0.15) is 40.5 Å². The molecule has 0 aromatic rings. The number of likely N-dealkylation sites (tertiary alicyclic amines) is 1. The van der Waals surface area contributed by atoms with Crippen LogP contribution in [0, 0.1) is 5.41 Å². The number of hydrogen-bond donors (Lipinski definition) is 0. The van der Waals surface area contributed by atoms with Crippen molar-refractivity contribution in [3.05, 3.63) is 0 Å². The molecule has 1 heterocycles. The molecule has 0 saturated carbocycles. The van der Waals surface area contributed by atoms with Crippen molar-refractivity contribution in [2.45, 2.75) is 52.7 Å². The minimum Gasteiger partial charge on any atom is -0.450 e. The van der Waals surface area contributed by atoms with Gasteiger partial charge in [-0.1, -0.05) is 20.8 Å². The highest BCUT2D eigenvalue weighted by Crippen LogP contribution is 2.33. The van der Waals surface area contributed by atoms with E-state index in [4.69, 9.17) is 8.92 Å². The van der Waals surface area contributed by atoms with E-state index >= 15 is 0 Å². The number of piperidine rings is 1. The average molecular weight is 307 g/mol. The molecule has 0 N–H and O–H groups in total.